The third kappa shape index (κ3) is 7.41. The minimum absolute atomic E-state index is 0.217. The second-order valence-corrected chi connectivity index (χ2v) is 8.22. The molecular weight excluding hydrogens is 391 g/mol. The highest BCUT2D eigenvalue weighted by atomic mass is 31.1. The van der Waals surface area contributed by atoms with Crippen LogP contribution in [0.2, 0.25) is 0 Å². The normalized spacial score (nSPS) is 13.2. The molecule has 0 radical (unpaired) electrons. The zero-order valence-corrected chi connectivity index (χ0v) is 17.9. The van der Waals surface area contributed by atoms with Crippen LogP contribution in [0, 0.1) is 0 Å². The SMILES string of the molecule is CCCCC(OCCOC)[PH](=O)OCc1ccc(-c2ccccc2C(=O)O)cc1. The Morgan fingerprint density at radius 1 is 1.10 bits per heavy atom. The molecule has 0 saturated heterocycles. The number of carboxylic acids is 1. The minimum Gasteiger partial charge on any atom is -0.478 e. The van der Waals surface area contributed by atoms with E-state index in [4.69, 9.17) is 14.0 Å². The second-order valence-electron chi connectivity index (χ2n) is 6.65. The highest BCUT2D eigenvalue weighted by Gasteiger charge is 2.18. The monoisotopic (exact) mass is 420 g/mol. The molecule has 0 amide bonds. The van der Waals surface area contributed by atoms with Crippen LogP contribution < -0.4 is 0 Å². The number of hydrogen-bond donors (Lipinski definition) is 1. The maximum atomic E-state index is 12.6. The van der Waals surface area contributed by atoms with Crippen molar-refractivity contribution in [2.75, 3.05) is 20.3 Å². The van der Waals surface area contributed by atoms with Crippen LogP contribution in [0.25, 0.3) is 11.1 Å². The molecule has 2 aromatic rings. The molecule has 2 rings (SSSR count). The van der Waals surface area contributed by atoms with Crippen molar-refractivity contribution in [3.63, 3.8) is 0 Å². The Kier molecular flexibility index (Phi) is 10.1. The van der Waals surface area contributed by atoms with Crippen molar-refractivity contribution in [1.29, 1.82) is 0 Å². The van der Waals surface area contributed by atoms with Gasteiger partial charge in [0.1, 0.15) is 5.85 Å². The first kappa shape index (κ1) is 23.3. The average molecular weight is 420 g/mol. The van der Waals surface area contributed by atoms with E-state index >= 15 is 0 Å². The Morgan fingerprint density at radius 2 is 1.83 bits per heavy atom. The van der Waals surface area contributed by atoms with E-state index < -0.39 is 19.8 Å². The number of unbranched alkanes of at least 4 members (excludes halogenated alkanes) is 1. The van der Waals surface area contributed by atoms with Crippen LogP contribution in [0.5, 0.6) is 0 Å². The van der Waals surface area contributed by atoms with E-state index in [1.165, 1.54) is 0 Å². The van der Waals surface area contributed by atoms with Gasteiger partial charge in [0.05, 0.1) is 25.4 Å². The molecular formula is C22H29O6P. The van der Waals surface area contributed by atoms with Crippen LogP contribution >= 0.6 is 8.03 Å². The van der Waals surface area contributed by atoms with Crippen LogP contribution in [-0.2, 0) is 25.2 Å². The molecule has 1 N–H and O–H groups in total. The lowest BCUT2D eigenvalue weighted by Gasteiger charge is -2.17. The molecule has 2 aromatic carbocycles. The first-order chi connectivity index (χ1) is 14.1. The van der Waals surface area contributed by atoms with E-state index in [2.05, 4.69) is 6.92 Å². The molecule has 0 spiro atoms. The third-order valence-corrected chi connectivity index (χ3v) is 5.90. The van der Waals surface area contributed by atoms with Gasteiger partial charge in [0, 0.05) is 7.11 Å². The van der Waals surface area contributed by atoms with Gasteiger partial charge in [0.2, 0.25) is 8.03 Å². The zero-order chi connectivity index (χ0) is 21.1. The van der Waals surface area contributed by atoms with Crippen LogP contribution in [0.15, 0.2) is 48.5 Å². The van der Waals surface area contributed by atoms with Crippen molar-refractivity contribution in [3.8, 4) is 11.1 Å². The first-order valence-electron chi connectivity index (χ1n) is 9.75. The molecule has 29 heavy (non-hydrogen) atoms. The van der Waals surface area contributed by atoms with E-state index in [-0.39, 0.29) is 12.2 Å². The first-order valence-corrected chi connectivity index (χ1v) is 11.1. The highest BCUT2D eigenvalue weighted by Crippen LogP contribution is 2.35. The molecule has 0 aliphatic rings. The zero-order valence-electron chi connectivity index (χ0n) is 16.9. The van der Waals surface area contributed by atoms with E-state index in [0.717, 1.165) is 24.0 Å². The molecule has 0 aromatic heterocycles. The number of carbonyl (C=O) groups is 1. The summed E-state index contributed by atoms with van der Waals surface area (Å²) >= 11 is 0. The summed E-state index contributed by atoms with van der Waals surface area (Å²) in [7, 11) is -0.764. The molecule has 0 saturated carbocycles. The minimum atomic E-state index is -2.36. The Balaban J connectivity index is 1.98. The summed E-state index contributed by atoms with van der Waals surface area (Å²) in [4.78, 5) is 11.4. The van der Waals surface area contributed by atoms with Crippen LogP contribution in [0.3, 0.4) is 0 Å². The van der Waals surface area contributed by atoms with Gasteiger partial charge in [-0.05, 0) is 29.2 Å². The molecule has 0 aliphatic carbocycles. The van der Waals surface area contributed by atoms with Gasteiger partial charge >= 0.3 is 5.97 Å². The topological polar surface area (TPSA) is 82.1 Å². The number of aromatic carboxylic acids is 1. The fourth-order valence-electron chi connectivity index (χ4n) is 2.88. The molecule has 2 unspecified atom stereocenters. The summed E-state index contributed by atoms with van der Waals surface area (Å²) in [5.74, 6) is -1.37. The third-order valence-electron chi connectivity index (χ3n) is 4.49. The molecule has 0 heterocycles. The van der Waals surface area contributed by atoms with E-state index in [0.29, 0.717) is 25.2 Å². The number of methoxy groups -OCH3 is 1. The lowest BCUT2D eigenvalue weighted by molar-refractivity contribution is 0.0436. The summed E-state index contributed by atoms with van der Waals surface area (Å²) in [5, 5.41) is 9.35. The van der Waals surface area contributed by atoms with E-state index in [1.807, 2.05) is 30.3 Å². The standard InChI is InChI=1S/C22H29O6P/c1-3-4-9-21(27-15-14-26-2)29(25)28-16-17-10-12-18(13-11-17)19-7-5-6-8-20(19)22(23)24/h5-8,10-13,21,29H,3-4,9,14-16H2,1-2H3,(H,23,24). The van der Waals surface area contributed by atoms with Gasteiger partial charge in [0.25, 0.3) is 0 Å². The second kappa shape index (κ2) is 12.6. The number of carboxylic acid groups (broad SMARTS) is 1. The van der Waals surface area contributed by atoms with Crippen LogP contribution in [-0.4, -0.2) is 37.2 Å². The van der Waals surface area contributed by atoms with Crippen molar-refractivity contribution < 1.29 is 28.5 Å². The van der Waals surface area contributed by atoms with Crippen molar-refractivity contribution in [2.45, 2.75) is 38.6 Å². The molecule has 0 bridgehead atoms. The van der Waals surface area contributed by atoms with Crippen molar-refractivity contribution in [3.05, 3.63) is 59.7 Å². The average Bonchev–Trinajstić information content (AvgIpc) is 2.74. The van der Waals surface area contributed by atoms with E-state index in [9.17, 15) is 14.5 Å². The predicted octanol–water partition coefficient (Wildman–Crippen LogP) is 5.22. The summed E-state index contributed by atoms with van der Waals surface area (Å²) in [6.45, 7) is 3.14. The van der Waals surface area contributed by atoms with Crippen LogP contribution in [0.1, 0.15) is 42.1 Å². The van der Waals surface area contributed by atoms with Crippen molar-refractivity contribution in [1.82, 2.24) is 0 Å². The fourth-order valence-corrected chi connectivity index (χ4v) is 4.07. The Hall–Kier alpha value is -1.98. The smallest absolute Gasteiger partial charge is 0.336 e. The van der Waals surface area contributed by atoms with Gasteiger partial charge < -0.3 is 19.1 Å². The molecule has 158 valence electrons. The van der Waals surface area contributed by atoms with Gasteiger partial charge in [-0.3, -0.25) is 4.57 Å². The Labute approximate surface area is 172 Å². The molecule has 0 aliphatic heterocycles. The summed E-state index contributed by atoms with van der Waals surface area (Å²) in [6.07, 6.45) is 2.62. The van der Waals surface area contributed by atoms with E-state index in [1.54, 1.807) is 25.3 Å². The van der Waals surface area contributed by atoms with Crippen molar-refractivity contribution in [2.24, 2.45) is 0 Å². The number of rotatable bonds is 13. The van der Waals surface area contributed by atoms with Gasteiger partial charge in [-0.25, -0.2) is 4.79 Å². The van der Waals surface area contributed by atoms with Crippen molar-refractivity contribution >= 4 is 14.0 Å². The lowest BCUT2D eigenvalue weighted by Crippen LogP contribution is -2.13. The van der Waals surface area contributed by atoms with Gasteiger partial charge in [0.15, 0.2) is 0 Å². The number of hydrogen-bond acceptors (Lipinski definition) is 5. The molecule has 7 heteroatoms. The fraction of sp³-hybridized carbons (Fsp3) is 0.409. The van der Waals surface area contributed by atoms with Crippen LogP contribution in [0.4, 0.5) is 0 Å². The Morgan fingerprint density at radius 3 is 2.48 bits per heavy atom. The van der Waals surface area contributed by atoms with Gasteiger partial charge in [-0.15, -0.1) is 0 Å². The van der Waals surface area contributed by atoms with Gasteiger partial charge in [-0.1, -0.05) is 62.2 Å². The number of ether oxygens (including phenoxy) is 2. The maximum Gasteiger partial charge on any atom is 0.336 e. The quantitative estimate of drug-likeness (QED) is 0.353. The van der Waals surface area contributed by atoms with Gasteiger partial charge in [-0.2, -0.15) is 0 Å². The maximum absolute atomic E-state index is 12.6. The largest absolute Gasteiger partial charge is 0.478 e. The summed E-state index contributed by atoms with van der Waals surface area (Å²) < 4.78 is 28.8. The molecule has 2 atom stereocenters. The highest BCUT2D eigenvalue weighted by molar-refractivity contribution is 7.39. The molecule has 6 nitrogen and oxygen atoms in total. The number of benzene rings is 2. The molecule has 0 fully saturated rings. The lowest BCUT2D eigenvalue weighted by atomic mass is 9.99. The Bertz CT molecular complexity index is 790. The summed E-state index contributed by atoms with van der Waals surface area (Å²) in [6, 6.07) is 14.3. The summed E-state index contributed by atoms with van der Waals surface area (Å²) in [5.41, 5.74) is 2.59. The predicted molar refractivity (Wildman–Crippen MR) is 114 cm³/mol.